The van der Waals surface area contributed by atoms with Crippen molar-refractivity contribution in [3.05, 3.63) is 11.9 Å². The molecule has 0 radical (unpaired) electrons. The Labute approximate surface area is 87.2 Å². The van der Waals surface area contributed by atoms with Gasteiger partial charge in [-0.05, 0) is 6.92 Å². The fraction of sp³-hybridized carbons (Fsp3) is 0.333. The summed E-state index contributed by atoms with van der Waals surface area (Å²) in [5.41, 5.74) is 7.62. The van der Waals surface area contributed by atoms with Crippen molar-refractivity contribution in [3.63, 3.8) is 0 Å². The molecule has 15 heavy (non-hydrogen) atoms. The molecule has 0 bridgehead atoms. The second-order valence-electron chi connectivity index (χ2n) is 3.48. The van der Waals surface area contributed by atoms with Crippen molar-refractivity contribution < 1.29 is 0 Å². The average Bonchev–Trinajstić information content (AvgIpc) is 2.17. The van der Waals surface area contributed by atoms with Crippen LogP contribution in [-0.2, 0) is 0 Å². The lowest BCUT2D eigenvalue weighted by atomic mass is 10.4. The Morgan fingerprint density at radius 3 is 2.60 bits per heavy atom. The highest BCUT2D eigenvalue weighted by molar-refractivity contribution is 5.83. The topological polar surface area (TPSA) is 80.8 Å². The Bertz CT molecular complexity index is 507. The van der Waals surface area contributed by atoms with Gasteiger partial charge in [0.2, 0.25) is 5.95 Å². The predicted molar refractivity (Wildman–Crippen MR) is 58.6 cm³/mol. The van der Waals surface area contributed by atoms with E-state index in [0.717, 1.165) is 5.69 Å². The van der Waals surface area contributed by atoms with Gasteiger partial charge in [0.1, 0.15) is 0 Å². The van der Waals surface area contributed by atoms with Gasteiger partial charge >= 0.3 is 0 Å². The summed E-state index contributed by atoms with van der Waals surface area (Å²) in [6.45, 7) is 1.88. The van der Waals surface area contributed by atoms with Crippen LogP contribution in [0.2, 0.25) is 0 Å². The third-order valence-electron chi connectivity index (χ3n) is 1.95. The molecular weight excluding hydrogens is 192 g/mol. The van der Waals surface area contributed by atoms with Gasteiger partial charge in [-0.25, -0.2) is 9.97 Å². The molecule has 0 spiro atoms. The largest absolute Gasteiger partial charge is 0.368 e. The van der Waals surface area contributed by atoms with Crippen molar-refractivity contribution in [2.75, 3.05) is 24.7 Å². The Morgan fingerprint density at radius 1 is 1.20 bits per heavy atom. The molecule has 2 heterocycles. The molecule has 6 heteroatoms. The van der Waals surface area contributed by atoms with E-state index >= 15 is 0 Å². The number of fused-ring (bicyclic) bond motifs is 1. The molecule has 0 aromatic carbocycles. The lowest BCUT2D eigenvalue weighted by Crippen LogP contribution is -2.14. The number of aromatic nitrogens is 4. The zero-order chi connectivity index (χ0) is 11.0. The zero-order valence-electron chi connectivity index (χ0n) is 8.89. The maximum atomic E-state index is 5.58. The molecule has 2 aromatic rings. The molecule has 0 unspecified atom stereocenters. The van der Waals surface area contributed by atoms with Crippen molar-refractivity contribution in [2.45, 2.75) is 6.92 Å². The number of rotatable bonds is 1. The summed E-state index contributed by atoms with van der Waals surface area (Å²) in [6.07, 6.45) is 1.66. The van der Waals surface area contributed by atoms with Crippen LogP contribution >= 0.6 is 0 Å². The standard InChI is InChI=1S/C9H12N6/c1-5-4-11-7-6(12-5)8(15(2)3)14-9(10)13-7/h4H,1-3H3,(H2,10,11,13,14). The highest BCUT2D eigenvalue weighted by atomic mass is 15.2. The van der Waals surface area contributed by atoms with E-state index in [9.17, 15) is 0 Å². The molecule has 0 aliphatic heterocycles. The fourth-order valence-electron chi connectivity index (χ4n) is 1.31. The first-order valence-electron chi connectivity index (χ1n) is 4.52. The van der Waals surface area contributed by atoms with Crippen LogP contribution < -0.4 is 10.6 Å². The SMILES string of the molecule is Cc1cnc2nc(N)nc(N(C)C)c2n1. The molecule has 78 valence electrons. The van der Waals surface area contributed by atoms with Crippen molar-refractivity contribution in [2.24, 2.45) is 0 Å². The minimum atomic E-state index is 0.212. The van der Waals surface area contributed by atoms with Crippen molar-refractivity contribution in [1.29, 1.82) is 0 Å². The van der Waals surface area contributed by atoms with Gasteiger partial charge in [-0.15, -0.1) is 0 Å². The Hall–Kier alpha value is -1.98. The number of hydrogen-bond donors (Lipinski definition) is 1. The van der Waals surface area contributed by atoms with Gasteiger partial charge in [0.15, 0.2) is 17.0 Å². The van der Waals surface area contributed by atoms with E-state index in [1.54, 1.807) is 6.20 Å². The first-order valence-corrected chi connectivity index (χ1v) is 4.52. The quantitative estimate of drug-likeness (QED) is 0.723. The van der Waals surface area contributed by atoms with Crippen molar-refractivity contribution in [3.8, 4) is 0 Å². The van der Waals surface area contributed by atoms with Gasteiger partial charge in [-0.1, -0.05) is 0 Å². The molecule has 0 saturated carbocycles. The Balaban J connectivity index is 2.81. The van der Waals surface area contributed by atoms with Crippen molar-refractivity contribution in [1.82, 2.24) is 19.9 Å². The molecule has 2 N–H and O–H groups in total. The van der Waals surface area contributed by atoms with Gasteiger partial charge in [-0.3, -0.25) is 0 Å². The maximum absolute atomic E-state index is 5.58. The summed E-state index contributed by atoms with van der Waals surface area (Å²) < 4.78 is 0. The van der Waals surface area contributed by atoms with Crippen LogP contribution in [0.1, 0.15) is 5.69 Å². The molecule has 0 saturated heterocycles. The van der Waals surface area contributed by atoms with E-state index in [4.69, 9.17) is 5.73 Å². The van der Waals surface area contributed by atoms with E-state index in [2.05, 4.69) is 19.9 Å². The maximum Gasteiger partial charge on any atom is 0.224 e. The van der Waals surface area contributed by atoms with Crippen molar-refractivity contribution >= 4 is 22.9 Å². The Kier molecular flexibility index (Phi) is 2.11. The molecule has 6 nitrogen and oxygen atoms in total. The summed E-state index contributed by atoms with van der Waals surface area (Å²) in [7, 11) is 3.76. The van der Waals surface area contributed by atoms with E-state index in [-0.39, 0.29) is 5.95 Å². The number of hydrogen-bond acceptors (Lipinski definition) is 6. The van der Waals surface area contributed by atoms with E-state index in [0.29, 0.717) is 17.0 Å². The fourth-order valence-corrected chi connectivity index (χ4v) is 1.31. The van der Waals surface area contributed by atoms with Crippen LogP contribution in [0.25, 0.3) is 11.2 Å². The third kappa shape index (κ3) is 1.65. The number of nitrogens with two attached hydrogens (primary N) is 1. The van der Waals surface area contributed by atoms with Gasteiger partial charge in [0, 0.05) is 14.1 Å². The van der Waals surface area contributed by atoms with E-state index in [1.165, 1.54) is 0 Å². The van der Waals surface area contributed by atoms with Crippen LogP contribution in [0.15, 0.2) is 6.20 Å². The highest BCUT2D eigenvalue weighted by Gasteiger charge is 2.10. The van der Waals surface area contributed by atoms with Gasteiger partial charge in [0.05, 0.1) is 11.9 Å². The molecule has 0 amide bonds. The monoisotopic (exact) mass is 204 g/mol. The first kappa shape index (κ1) is 9.57. The second-order valence-corrected chi connectivity index (χ2v) is 3.48. The van der Waals surface area contributed by atoms with Crippen LogP contribution in [-0.4, -0.2) is 34.0 Å². The van der Waals surface area contributed by atoms with E-state index < -0.39 is 0 Å². The normalized spacial score (nSPS) is 10.6. The summed E-state index contributed by atoms with van der Waals surface area (Å²) >= 11 is 0. The van der Waals surface area contributed by atoms with Crippen LogP contribution in [0.3, 0.4) is 0 Å². The minimum Gasteiger partial charge on any atom is -0.368 e. The Morgan fingerprint density at radius 2 is 1.93 bits per heavy atom. The molecule has 0 atom stereocenters. The zero-order valence-corrected chi connectivity index (χ0v) is 8.89. The number of nitrogen functional groups attached to an aromatic ring is 1. The predicted octanol–water partition coefficient (Wildman–Crippen LogP) is 0.376. The lowest BCUT2D eigenvalue weighted by molar-refractivity contribution is 1.04. The summed E-state index contributed by atoms with van der Waals surface area (Å²) in [5, 5.41) is 0. The minimum absolute atomic E-state index is 0.212. The first-order chi connectivity index (χ1) is 7.08. The number of anilines is 2. The third-order valence-corrected chi connectivity index (χ3v) is 1.95. The van der Waals surface area contributed by atoms with Gasteiger partial charge < -0.3 is 10.6 Å². The summed E-state index contributed by atoms with van der Waals surface area (Å²) in [4.78, 5) is 18.5. The second kappa shape index (κ2) is 3.30. The van der Waals surface area contributed by atoms with Crippen LogP contribution in [0.4, 0.5) is 11.8 Å². The molecule has 0 fully saturated rings. The number of aryl methyl sites for hydroxylation is 1. The van der Waals surface area contributed by atoms with E-state index in [1.807, 2.05) is 25.9 Å². The molecule has 2 rings (SSSR count). The molecule has 0 aliphatic carbocycles. The molecule has 0 aliphatic rings. The molecule has 2 aromatic heterocycles. The van der Waals surface area contributed by atoms with Gasteiger partial charge in [0.25, 0.3) is 0 Å². The highest BCUT2D eigenvalue weighted by Crippen LogP contribution is 2.19. The van der Waals surface area contributed by atoms with Gasteiger partial charge in [-0.2, -0.15) is 9.97 Å². The molecular formula is C9H12N6. The number of nitrogens with zero attached hydrogens (tertiary/aromatic N) is 5. The summed E-state index contributed by atoms with van der Waals surface area (Å²) in [6, 6.07) is 0. The average molecular weight is 204 g/mol. The summed E-state index contributed by atoms with van der Waals surface area (Å²) in [5.74, 6) is 0.901. The lowest BCUT2D eigenvalue weighted by Gasteiger charge is -2.13. The van der Waals surface area contributed by atoms with Crippen LogP contribution in [0, 0.1) is 6.92 Å². The van der Waals surface area contributed by atoms with Crippen LogP contribution in [0.5, 0.6) is 0 Å². The smallest absolute Gasteiger partial charge is 0.224 e.